The van der Waals surface area contributed by atoms with E-state index in [0.717, 1.165) is 11.8 Å². The maximum Gasteiger partial charge on any atom is 0.328 e. The third-order valence-electron chi connectivity index (χ3n) is 2.88. The summed E-state index contributed by atoms with van der Waals surface area (Å²) >= 11 is 1.08. The predicted molar refractivity (Wildman–Crippen MR) is 82.1 cm³/mol. The normalized spacial score (nSPS) is 14.4. The molecule has 10 heteroatoms. The monoisotopic (exact) mass is 346 g/mol. The average molecular weight is 346 g/mol. The highest BCUT2D eigenvalue weighted by Crippen LogP contribution is 2.27. The molecule has 2 aromatic heterocycles. The van der Waals surface area contributed by atoms with Crippen molar-refractivity contribution in [3.05, 3.63) is 45.6 Å². The smallest absolute Gasteiger partial charge is 0.328 e. The van der Waals surface area contributed by atoms with Crippen molar-refractivity contribution in [2.45, 2.75) is 17.2 Å². The molecule has 24 heavy (non-hydrogen) atoms. The van der Waals surface area contributed by atoms with E-state index in [9.17, 15) is 19.2 Å². The van der Waals surface area contributed by atoms with Crippen LogP contribution in [0.1, 0.15) is 11.5 Å². The summed E-state index contributed by atoms with van der Waals surface area (Å²) in [5.74, 6) is -1.37. The van der Waals surface area contributed by atoms with Crippen LogP contribution in [0.3, 0.4) is 0 Å². The van der Waals surface area contributed by atoms with Gasteiger partial charge in [-0.25, -0.2) is 9.78 Å². The van der Waals surface area contributed by atoms with Crippen LogP contribution in [0, 0.1) is 6.92 Å². The lowest BCUT2D eigenvalue weighted by Crippen LogP contribution is -2.51. The maximum atomic E-state index is 11.6. The molecule has 1 aliphatic heterocycles. The first-order valence-corrected chi connectivity index (χ1v) is 7.46. The van der Waals surface area contributed by atoms with Crippen LogP contribution in [0.5, 0.6) is 0 Å². The number of rotatable bonds is 3. The van der Waals surface area contributed by atoms with Gasteiger partial charge in [0.05, 0.1) is 0 Å². The Morgan fingerprint density at radius 2 is 1.83 bits per heavy atom. The predicted octanol–water partition coefficient (Wildman–Crippen LogP) is 0.572. The molecule has 0 radical (unpaired) electrons. The molecule has 0 saturated carbocycles. The number of H-pyrrole nitrogens is 1. The van der Waals surface area contributed by atoms with E-state index in [2.05, 4.69) is 9.97 Å². The van der Waals surface area contributed by atoms with Crippen molar-refractivity contribution in [1.29, 1.82) is 0 Å². The van der Waals surface area contributed by atoms with Crippen LogP contribution in [-0.4, -0.2) is 27.8 Å². The molecular weight excluding hydrogens is 336 g/mol. The molecule has 0 spiro atoms. The summed E-state index contributed by atoms with van der Waals surface area (Å²) in [4.78, 5) is 52.4. The first-order valence-electron chi connectivity index (χ1n) is 6.65. The van der Waals surface area contributed by atoms with Crippen molar-refractivity contribution in [2.75, 3.05) is 0 Å². The first-order chi connectivity index (χ1) is 11.4. The summed E-state index contributed by atoms with van der Waals surface area (Å²) in [5, 5.41) is 4.69. The highest BCUT2D eigenvalue weighted by Gasteiger charge is 2.28. The molecule has 0 bridgehead atoms. The fourth-order valence-corrected chi connectivity index (χ4v) is 2.72. The molecular formula is C14H10N4O5S. The number of urea groups is 1. The van der Waals surface area contributed by atoms with E-state index < -0.39 is 17.8 Å². The average Bonchev–Trinajstić information content (AvgIpc) is 2.89. The molecule has 0 unspecified atom stereocenters. The van der Waals surface area contributed by atoms with Gasteiger partial charge >= 0.3 is 6.03 Å². The number of nitrogens with one attached hydrogen (secondary N) is 3. The highest BCUT2D eigenvalue weighted by molar-refractivity contribution is 7.99. The topological polar surface area (TPSA) is 134 Å². The number of barbiturate groups is 1. The summed E-state index contributed by atoms with van der Waals surface area (Å²) < 4.78 is 5.47. The minimum atomic E-state index is -0.868. The Morgan fingerprint density at radius 1 is 1.12 bits per heavy atom. The number of imide groups is 2. The Bertz CT molecular complexity index is 921. The van der Waals surface area contributed by atoms with Gasteiger partial charge in [0, 0.05) is 11.8 Å². The van der Waals surface area contributed by atoms with E-state index >= 15 is 0 Å². The lowest BCUT2D eigenvalue weighted by Gasteiger charge is -2.13. The highest BCUT2D eigenvalue weighted by atomic mass is 32.2. The molecule has 0 atom stereocenters. The number of hydrogen-bond acceptors (Lipinski definition) is 7. The third-order valence-corrected chi connectivity index (χ3v) is 3.68. The maximum absolute atomic E-state index is 11.6. The molecule has 1 saturated heterocycles. The van der Waals surface area contributed by atoms with Crippen LogP contribution >= 0.6 is 11.8 Å². The minimum absolute atomic E-state index is 0.238. The van der Waals surface area contributed by atoms with Crippen LogP contribution in [-0.2, 0) is 9.59 Å². The number of aromatic amines is 1. The number of aryl methyl sites for hydroxylation is 1. The largest absolute Gasteiger partial charge is 0.450 e. The van der Waals surface area contributed by atoms with Gasteiger partial charge in [0.2, 0.25) is 0 Å². The van der Waals surface area contributed by atoms with Crippen molar-refractivity contribution >= 4 is 35.7 Å². The summed E-state index contributed by atoms with van der Waals surface area (Å²) in [6.45, 7) is 1.69. The molecule has 3 N–H and O–H groups in total. The number of furan rings is 1. The number of amides is 4. The van der Waals surface area contributed by atoms with E-state index in [1.54, 1.807) is 19.1 Å². The quantitative estimate of drug-likeness (QED) is 0.420. The molecule has 0 aromatic carbocycles. The molecule has 0 aliphatic carbocycles. The fraction of sp³-hybridized carbons (Fsp3) is 0.0714. The third kappa shape index (κ3) is 3.43. The molecule has 3 heterocycles. The van der Waals surface area contributed by atoms with E-state index in [0.29, 0.717) is 15.9 Å². The molecule has 1 fully saturated rings. The van der Waals surface area contributed by atoms with Gasteiger partial charge in [-0.05, 0) is 36.9 Å². The number of hydrogen-bond donors (Lipinski definition) is 3. The summed E-state index contributed by atoms with van der Waals surface area (Å²) in [7, 11) is 0. The second kappa shape index (κ2) is 6.16. The van der Waals surface area contributed by atoms with E-state index in [1.807, 2.05) is 10.6 Å². The van der Waals surface area contributed by atoms with Crippen LogP contribution in [0.15, 0.2) is 43.2 Å². The van der Waals surface area contributed by atoms with Gasteiger partial charge in [-0.15, -0.1) is 0 Å². The second-order valence-electron chi connectivity index (χ2n) is 4.75. The van der Waals surface area contributed by atoms with Crippen molar-refractivity contribution in [2.24, 2.45) is 0 Å². The molecule has 2 aromatic rings. The minimum Gasteiger partial charge on any atom is -0.450 e. The Labute approximate surface area is 138 Å². The van der Waals surface area contributed by atoms with E-state index in [1.165, 1.54) is 12.1 Å². The van der Waals surface area contributed by atoms with Crippen molar-refractivity contribution in [1.82, 2.24) is 20.6 Å². The molecule has 9 nitrogen and oxygen atoms in total. The fourth-order valence-electron chi connectivity index (χ4n) is 1.91. The number of carbonyl (C=O) groups excluding carboxylic acids is 3. The van der Waals surface area contributed by atoms with Gasteiger partial charge in [0.15, 0.2) is 10.2 Å². The Balaban J connectivity index is 1.82. The Morgan fingerprint density at radius 3 is 2.50 bits per heavy atom. The second-order valence-corrected chi connectivity index (χ2v) is 5.74. The lowest BCUT2D eigenvalue weighted by atomic mass is 10.1. The first kappa shape index (κ1) is 15.7. The summed E-state index contributed by atoms with van der Waals surface area (Å²) in [6.07, 6.45) is 1.22. The van der Waals surface area contributed by atoms with Gasteiger partial charge in [-0.1, -0.05) is 0 Å². The van der Waals surface area contributed by atoms with Crippen molar-refractivity contribution in [3.63, 3.8) is 0 Å². The SMILES string of the molecule is Cc1cc(=O)[nH]c(Sc2ccc(C=C3C(=O)NC(=O)NC3=O)o2)n1. The number of aromatic nitrogens is 2. The van der Waals surface area contributed by atoms with Crippen LogP contribution in [0.25, 0.3) is 6.08 Å². The number of carbonyl (C=O) groups is 3. The van der Waals surface area contributed by atoms with Gasteiger partial charge < -0.3 is 9.40 Å². The summed E-state index contributed by atoms with van der Waals surface area (Å²) in [5.41, 5.74) is 0.0389. The Kier molecular flexibility index (Phi) is 4.04. The van der Waals surface area contributed by atoms with Gasteiger partial charge in [-0.3, -0.25) is 25.0 Å². The molecule has 4 amide bonds. The molecule has 3 rings (SSSR count). The lowest BCUT2D eigenvalue weighted by molar-refractivity contribution is -0.123. The zero-order valence-electron chi connectivity index (χ0n) is 12.2. The standard InChI is InChI=1S/C14H10N4O5S/c1-6-4-9(19)16-14(15-6)24-10-3-2-7(23-10)5-8-11(20)17-13(22)18-12(8)21/h2-5H,1H3,(H,15,16,19)(H2,17,18,20,21,22). The van der Waals surface area contributed by atoms with Crippen molar-refractivity contribution < 1.29 is 18.8 Å². The molecule has 1 aliphatic rings. The van der Waals surface area contributed by atoms with Crippen LogP contribution < -0.4 is 16.2 Å². The zero-order chi connectivity index (χ0) is 17.3. The summed E-state index contributed by atoms with van der Waals surface area (Å²) in [6, 6.07) is 3.64. The van der Waals surface area contributed by atoms with Crippen molar-refractivity contribution in [3.8, 4) is 0 Å². The molecule has 122 valence electrons. The van der Waals surface area contributed by atoms with Crippen LogP contribution in [0.2, 0.25) is 0 Å². The van der Waals surface area contributed by atoms with Crippen LogP contribution in [0.4, 0.5) is 4.79 Å². The van der Waals surface area contributed by atoms with Gasteiger partial charge in [0.1, 0.15) is 11.3 Å². The Hall–Kier alpha value is -3.14. The van der Waals surface area contributed by atoms with Gasteiger partial charge in [0.25, 0.3) is 17.4 Å². The zero-order valence-corrected chi connectivity index (χ0v) is 13.0. The van der Waals surface area contributed by atoms with Gasteiger partial charge in [-0.2, -0.15) is 0 Å². The number of nitrogens with zero attached hydrogens (tertiary/aromatic N) is 1. The van der Waals surface area contributed by atoms with E-state index in [-0.39, 0.29) is 16.9 Å². The van der Waals surface area contributed by atoms with E-state index in [4.69, 9.17) is 4.42 Å².